The van der Waals surface area contributed by atoms with E-state index >= 15 is 0 Å². The van der Waals surface area contributed by atoms with Gasteiger partial charge in [-0.05, 0) is 23.8 Å². The second-order valence-electron chi connectivity index (χ2n) is 6.81. The van der Waals surface area contributed by atoms with E-state index in [2.05, 4.69) is 15.6 Å². The van der Waals surface area contributed by atoms with Crippen LogP contribution < -0.4 is 15.4 Å². The minimum atomic E-state index is -0.381. The third-order valence-corrected chi connectivity index (χ3v) is 5.32. The zero-order valence-electron chi connectivity index (χ0n) is 17.1. The van der Waals surface area contributed by atoms with Crippen molar-refractivity contribution in [1.82, 2.24) is 10.3 Å². The fourth-order valence-electron chi connectivity index (χ4n) is 3.04. The molecule has 7 nitrogen and oxygen atoms in total. The lowest BCUT2D eigenvalue weighted by Crippen LogP contribution is -2.29. The third kappa shape index (κ3) is 5.61. The second-order valence-corrected chi connectivity index (χ2v) is 7.67. The number of anilines is 1. The van der Waals surface area contributed by atoms with E-state index in [1.807, 2.05) is 54.6 Å². The molecule has 2 heterocycles. The molecule has 0 aliphatic heterocycles. The molecule has 0 aliphatic carbocycles. The van der Waals surface area contributed by atoms with Gasteiger partial charge < -0.3 is 14.5 Å². The largest absolute Gasteiger partial charge is 0.491 e. The van der Waals surface area contributed by atoms with Crippen LogP contribution in [0.4, 0.5) is 5.13 Å². The number of carbonyl (C=O) groups is 2. The average Bonchev–Trinajstić information content (AvgIpc) is 3.50. The first-order valence-electron chi connectivity index (χ1n) is 10.0. The van der Waals surface area contributed by atoms with Gasteiger partial charge in [-0.3, -0.25) is 14.9 Å². The highest BCUT2D eigenvalue weighted by molar-refractivity contribution is 7.14. The number of amides is 2. The molecule has 8 heteroatoms. The third-order valence-electron chi connectivity index (χ3n) is 4.51. The van der Waals surface area contributed by atoms with Crippen LogP contribution in [-0.2, 0) is 11.2 Å². The Kier molecular flexibility index (Phi) is 6.94. The number of nitrogens with zero attached hydrogens (tertiary/aromatic N) is 1. The Morgan fingerprint density at radius 3 is 2.62 bits per heavy atom. The number of thiazole rings is 1. The van der Waals surface area contributed by atoms with Gasteiger partial charge >= 0.3 is 0 Å². The van der Waals surface area contributed by atoms with Crippen LogP contribution in [0.15, 0.2) is 82.8 Å². The Balaban J connectivity index is 1.23. The van der Waals surface area contributed by atoms with E-state index in [4.69, 9.17) is 9.15 Å². The van der Waals surface area contributed by atoms with Crippen LogP contribution in [-0.4, -0.2) is 29.9 Å². The molecule has 0 saturated carbocycles. The summed E-state index contributed by atoms with van der Waals surface area (Å²) in [5.41, 5.74) is 2.66. The van der Waals surface area contributed by atoms with Gasteiger partial charge in [0.2, 0.25) is 5.91 Å². The lowest BCUT2D eigenvalue weighted by molar-refractivity contribution is -0.120. The summed E-state index contributed by atoms with van der Waals surface area (Å²) in [6.45, 7) is 0.714. The number of hydrogen-bond acceptors (Lipinski definition) is 6. The van der Waals surface area contributed by atoms with Crippen molar-refractivity contribution in [3.63, 3.8) is 0 Å². The summed E-state index contributed by atoms with van der Waals surface area (Å²) in [4.78, 5) is 28.5. The summed E-state index contributed by atoms with van der Waals surface area (Å²) in [6.07, 6.45) is 1.55. The van der Waals surface area contributed by atoms with Gasteiger partial charge in [-0.25, -0.2) is 4.98 Å². The number of furan rings is 1. The Labute approximate surface area is 189 Å². The molecule has 0 radical (unpaired) electrons. The number of hydrogen-bond donors (Lipinski definition) is 2. The maximum Gasteiger partial charge on any atom is 0.293 e. The minimum Gasteiger partial charge on any atom is -0.491 e. The number of rotatable bonds is 9. The SMILES string of the molecule is O=C(Cc1csc(NC(=O)c2ccco2)n1)NCCOc1ccccc1-c1ccccc1. The van der Waals surface area contributed by atoms with Gasteiger partial charge in [-0.2, -0.15) is 0 Å². The zero-order chi connectivity index (χ0) is 22.2. The molecule has 2 aromatic carbocycles. The van der Waals surface area contributed by atoms with Crippen LogP contribution in [0.2, 0.25) is 0 Å². The second kappa shape index (κ2) is 10.4. The summed E-state index contributed by atoms with van der Waals surface area (Å²) in [7, 11) is 0. The molecule has 162 valence electrons. The molecule has 4 rings (SSSR count). The first-order valence-corrected chi connectivity index (χ1v) is 10.9. The fraction of sp³-hybridized carbons (Fsp3) is 0.125. The average molecular weight is 448 g/mol. The van der Waals surface area contributed by atoms with E-state index in [0.29, 0.717) is 24.0 Å². The van der Waals surface area contributed by atoms with Gasteiger partial charge in [-0.1, -0.05) is 48.5 Å². The zero-order valence-corrected chi connectivity index (χ0v) is 17.9. The summed E-state index contributed by atoms with van der Waals surface area (Å²) in [6, 6.07) is 21.0. The summed E-state index contributed by atoms with van der Waals surface area (Å²) in [5, 5.41) is 7.63. The maximum absolute atomic E-state index is 12.2. The smallest absolute Gasteiger partial charge is 0.293 e. The highest BCUT2D eigenvalue weighted by atomic mass is 32.1. The van der Waals surface area contributed by atoms with E-state index in [9.17, 15) is 9.59 Å². The molecule has 2 aromatic heterocycles. The Morgan fingerprint density at radius 1 is 1.00 bits per heavy atom. The Morgan fingerprint density at radius 2 is 1.81 bits per heavy atom. The normalized spacial score (nSPS) is 10.5. The molecular weight excluding hydrogens is 426 g/mol. The Bertz CT molecular complexity index is 1170. The molecule has 2 amide bonds. The molecule has 0 spiro atoms. The maximum atomic E-state index is 12.2. The van der Waals surface area contributed by atoms with E-state index in [0.717, 1.165) is 16.9 Å². The van der Waals surface area contributed by atoms with Crippen molar-refractivity contribution in [2.45, 2.75) is 6.42 Å². The van der Waals surface area contributed by atoms with Crippen molar-refractivity contribution in [1.29, 1.82) is 0 Å². The number of nitrogens with one attached hydrogen (secondary N) is 2. The van der Waals surface area contributed by atoms with E-state index in [1.165, 1.54) is 17.6 Å². The molecular formula is C24H21N3O4S. The molecule has 2 N–H and O–H groups in total. The number of aromatic nitrogens is 1. The predicted molar refractivity (Wildman–Crippen MR) is 123 cm³/mol. The van der Waals surface area contributed by atoms with Crippen LogP contribution in [0.3, 0.4) is 0 Å². The Hall–Kier alpha value is -3.91. The van der Waals surface area contributed by atoms with Gasteiger partial charge in [-0.15, -0.1) is 11.3 Å². The summed E-state index contributed by atoms with van der Waals surface area (Å²) < 4.78 is 10.9. The molecule has 0 fully saturated rings. The van der Waals surface area contributed by atoms with E-state index in [-0.39, 0.29) is 24.0 Å². The lowest BCUT2D eigenvalue weighted by Gasteiger charge is -2.12. The summed E-state index contributed by atoms with van der Waals surface area (Å²) >= 11 is 1.25. The number of ether oxygens (including phenoxy) is 1. The van der Waals surface area contributed by atoms with Gasteiger partial charge in [0.25, 0.3) is 5.91 Å². The van der Waals surface area contributed by atoms with Crippen molar-refractivity contribution >= 4 is 28.3 Å². The van der Waals surface area contributed by atoms with Crippen LogP contribution in [0.1, 0.15) is 16.2 Å². The number of carbonyl (C=O) groups excluding carboxylic acids is 2. The quantitative estimate of drug-likeness (QED) is 0.371. The van der Waals surface area contributed by atoms with Gasteiger partial charge in [0.1, 0.15) is 12.4 Å². The van der Waals surface area contributed by atoms with Crippen LogP contribution in [0.25, 0.3) is 11.1 Å². The van der Waals surface area contributed by atoms with Crippen LogP contribution in [0, 0.1) is 0 Å². The molecule has 32 heavy (non-hydrogen) atoms. The standard InChI is InChI=1S/C24H21N3O4S/c28-22(15-18-16-32-24(26-18)27-23(29)21-11-6-13-30-21)25-12-14-31-20-10-5-4-9-19(20)17-7-2-1-3-8-17/h1-11,13,16H,12,14-15H2,(H,25,28)(H,26,27,29). The number of benzene rings is 2. The molecule has 0 saturated heterocycles. The first-order chi connectivity index (χ1) is 15.7. The highest BCUT2D eigenvalue weighted by Crippen LogP contribution is 2.29. The number of para-hydroxylation sites is 1. The summed E-state index contributed by atoms with van der Waals surface area (Å²) in [5.74, 6) is 0.421. The van der Waals surface area contributed by atoms with Gasteiger partial charge in [0, 0.05) is 10.9 Å². The van der Waals surface area contributed by atoms with E-state index < -0.39 is 0 Å². The molecule has 0 bridgehead atoms. The topological polar surface area (TPSA) is 93.5 Å². The van der Waals surface area contributed by atoms with Crippen molar-refractivity contribution < 1.29 is 18.7 Å². The van der Waals surface area contributed by atoms with Crippen molar-refractivity contribution in [2.75, 3.05) is 18.5 Å². The predicted octanol–water partition coefficient (Wildman–Crippen LogP) is 4.39. The fourth-order valence-corrected chi connectivity index (χ4v) is 3.74. The first kappa shape index (κ1) is 21.3. The monoisotopic (exact) mass is 447 g/mol. The molecule has 4 aromatic rings. The van der Waals surface area contributed by atoms with Gasteiger partial charge in [0.15, 0.2) is 10.9 Å². The van der Waals surface area contributed by atoms with Crippen LogP contribution in [0.5, 0.6) is 5.75 Å². The van der Waals surface area contributed by atoms with Crippen molar-refractivity contribution in [2.24, 2.45) is 0 Å². The highest BCUT2D eigenvalue weighted by Gasteiger charge is 2.13. The van der Waals surface area contributed by atoms with Crippen molar-refractivity contribution in [3.05, 3.63) is 89.8 Å². The van der Waals surface area contributed by atoms with Crippen molar-refractivity contribution in [3.8, 4) is 16.9 Å². The molecule has 0 unspecified atom stereocenters. The van der Waals surface area contributed by atoms with Crippen LogP contribution >= 0.6 is 11.3 Å². The molecule has 0 aliphatic rings. The molecule has 0 atom stereocenters. The van der Waals surface area contributed by atoms with E-state index in [1.54, 1.807) is 17.5 Å². The minimum absolute atomic E-state index is 0.119. The lowest BCUT2D eigenvalue weighted by atomic mass is 10.1. The van der Waals surface area contributed by atoms with Gasteiger partial charge in [0.05, 0.1) is 24.9 Å².